The van der Waals surface area contributed by atoms with Gasteiger partial charge in [0.25, 0.3) is 0 Å². The van der Waals surface area contributed by atoms with Crippen molar-refractivity contribution in [2.24, 2.45) is 0 Å². The van der Waals surface area contributed by atoms with Gasteiger partial charge in [0, 0.05) is 50.3 Å². The molecule has 0 aliphatic carbocycles. The average Bonchev–Trinajstić information content (AvgIpc) is 0.722. The van der Waals surface area contributed by atoms with Gasteiger partial charge in [0.2, 0.25) is 0 Å². The Kier molecular flexibility index (Phi) is 394. The minimum Gasteiger partial charge on any atom is -0.412 e. The zero-order valence-corrected chi connectivity index (χ0v) is 9.53. The van der Waals surface area contributed by atoms with Crippen molar-refractivity contribution in [3.8, 4) is 0 Å². The van der Waals surface area contributed by atoms with Crippen LogP contribution in [-0.2, 0) is 50.3 Å². The van der Waals surface area contributed by atoms with E-state index in [0.717, 1.165) is 0 Å². The van der Waals surface area contributed by atoms with E-state index >= 15 is 0 Å². The molecule has 0 bridgehead atoms. The molecule has 0 fully saturated rings. The first-order valence-electron chi connectivity index (χ1n) is 0.894. The van der Waals surface area contributed by atoms with Crippen molar-refractivity contribution in [2.75, 3.05) is 0 Å². The molecule has 0 heterocycles. The van der Waals surface area contributed by atoms with Gasteiger partial charge in [-0.25, -0.2) is 0 Å². The fraction of sp³-hybridized carbons (Fsp3) is 1.00. The zero-order valence-electron chi connectivity index (χ0n) is 6.32. The van der Waals surface area contributed by atoms with Crippen LogP contribution < -0.4 is 0 Å². The van der Waals surface area contributed by atoms with Crippen molar-refractivity contribution >= 4 is 0 Å². The van der Waals surface area contributed by atoms with Crippen molar-refractivity contribution in [1.82, 2.24) is 0 Å². The number of aliphatic hydroxyl groups is 4. The van der Waals surface area contributed by atoms with Gasteiger partial charge in [-0.1, -0.05) is 0 Å². The van der Waals surface area contributed by atoms with E-state index < -0.39 is 6.16 Å². The molecule has 0 aliphatic heterocycles. The molecule has 14 heavy (non-hydrogen) atoms. The Hall–Kier alpha value is 1.12. The number of hydrogen-bond donors (Lipinski definition) is 4. The maximum Gasteiger partial charge on any atom is 0.402 e. The van der Waals surface area contributed by atoms with Gasteiger partial charge in [-0.05, 0) is 0 Å². The maximum absolute atomic E-state index is 7.19. The Morgan fingerprint density at radius 1 is 0.571 bits per heavy atom. The third kappa shape index (κ3) is 1540. The van der Waals surface area contributed by atoms with Crippen LogP contribution in [0.3, 0.4) is 0 Å². The SMILES string of the molecule is O.O.O.O.O.O.OC(O)(O)O.[Co].[Mn].[Ni]. The van der Waals surface area contributed by atoms with Crippen LogP contribution in [0.2, 0.25) is 0 Å². The van der Waals surface area contributed by atoms with E-state index in [4.69, 9.17) is 20.4 Å². The monoisotopic (exact) mass is 360 g/mol. The summed E-state index contributed by atoms with van der Waals surface area (Å²) < 4.78 is 0. The third-order valence-corrected chi connectivity index (χ3v) is 0. The Labute approximate surface area is 110 Å². The van der Waals surface area contributed by atoms with Gasteiger partial charge in [-0.3, -0.25) is 0 Å². The fourth-order valence-electron chi connectivity index (χ4n) is 0. The molecule has 0 rings (SSSR count). The minimum absolute atomic E-state index is 0. The minimum atomic E-state index is -3.50. The number of rotatable bonds is 0. The molecule has 0 aromatic rings. The molecule has 2 radical (unpaired) electrons. The van der Waals surface area contributed by atoms with Crippen LogP contribution in [0.15, 0.2) is 0 Å². The first-order chi connectivity index (χ1) is 2.00. The molecule has 0 aliphatic rings. The Balaban J connectivity index is -0.00000000222. The van der Waals surface area contributed by atoms with E-state index in [2.05, 4.69) is 0 Å². The van der Waals surface area contributed by atoms with Crippen LogP contribution in [0.5, 0.6) is 0 Å². The van der Waals surface area contributed by atoms with E-state index in [0.29, 0.717) is 0 Å². The summed E-state index contributed by atoms with van der Waals surface area (Å²) in [5, 5.41) is 28.8. The first kappa shape index (κ1) is 115. The molecule has 10 nitrogen and oxygen atoms in total. The van der Waals surface area contributed by atoms with E-state index in [1.165, 1.54) is 0 Å². The van der Waals surface area contributed by atoms with Crippen molar-refractivity contribution in [1.29, 1.82) is 0 Å². The Morgan fingerprint density at radius 2 is 0.571 bits per heavy atom. The summed E-state index contributed by atoms with van der Waals surface area (Å²) in [5.41, 5.74) is 0. The standard InChI is InChI=1S/CH4O4.Co.Mn.Ni.6H2O/c2-1(3,4)5;;;;;;;;;/h2-5H;;;;6*1H2. The van der Waals surface area contributed by atoms with Crippen LogP contribution in [0.25, 0.3) is 0 Å². The van der Waals surface area contributed by atoms with Gasteiger partial charge in [-0.15, -0.1) is 0 Å². The molecule has 106 valence electrons. The van der Waals surface area contributed by atoms with Crippen LogP contribution >= 0.6 is 0 Å². The molecule has 0 aromatic heterocycles. The predicted octanol–water partition coefficient (Wildman–Crippen LogP) is -7.39. The summed E-state index contributed by atoms with van der Waals surface area (Å²) >= 11 is 0. The van der Waals surface area contributed by atoms with Crippen LogP contribution in [0.4, 0.5) is 0 Å². The van der Waals surface area contributed by atoms with Crippen molar-refractivity contribution in [3.63, 3.8) is 0 Å². The largest absolute Gasteiger partial charge is 0.412 e. The van der Waals surface area contributed by atoms with Crippen molar-refractivity contribution in [3.05, 3.63) is 0 Å². The average molecular weight is 361 g/mol. The van der Waals surface area contributed by atoms with Crippen LogP contribution in [-0.4, -0.2) is 59.4 Å². The fourth-order valence-corrected chi connectivity index (χ4v) is 0. The molecule has 0 spiro atoms. The summed E-state index contributed by atoms with van der Waals surface area (Å²) in [6.07, 6.45) is -3.50. The summed E-state index contributed by atoms with van der Waals surface area (Å²) in [6.45, 7) is 0. The molecule has 0 amide bonds. The topological polar surface area (TPSA) is 270 Å². The van der Waals surface area contributed by atoms with E-state index in [9.17, 15) is 0 Å². The molecular weight excluding hydrogens is 345 g/mol. The maximum atomic E-state index is 7.19. The van der Waals surface area contributed by atoms with Gasteiger partial charge < -0.3 is 53.3 Å². The van der Waals surface area contributed by atoms with E-state index in [1.807, 2.05) is 0 Å². The van der Waals surface area contributed by atoms with Crippen LogP contribution in [0, 0.1) is 0 Å². The third-order valence-electron chi connectivity index (χ3n) is 0. The second-order valence-electron chi connectivity index (χ2n) is 0.600. The molecule has 13 heteroatoms. The predicted molar refractivity (Wildman–Crippen MR) is 33.3 cm³/mol. The molecule has 0 atom stereocenters. The van der Waals surface area contributed by atoms with E-state index in [1.54, 1.807) is 0 Å². The Morgan fingerprint density at radius 3 is 0.571 bits per heavy atom. The summed E-state index contributed by atoms with van der Waals surface area (Å²) in [4.78, 5) is 0. The molecule has 0 aromatic carbocycles. The molecule has 16 N–H and O–H groups in total. The van der Waals surface area contributed by atoms with Gasteiger partial charge in [0.05, 0.1) is 0 Å². The van der Waals surface area contributed by atoms with Gasteiger partial charge in [0.15, 0.2) is 0 Å². The first-order valence-corrected chi connectivity index (χ1v) is 0.894. The van der Waals surface area contributed by atoms with Crippen molar-refractivity contribution in [2.45, 2.75) is 6.16 Å². The van der Waals surface area contributed by atoms with E-state index in [-0.39, 0.29) is 83.2 Å². The summed E-state index contributed by atoms with van der Waals surface area (Å²) in [6, 6.07) is 0. The normalized spacial score (nSPS) is 4.29. The molecule has 0 unspecified atom stereocenters. The van der Waals surface area contributed by atoms with Gasteiger partial charge in [-0.2, -0.15) is 0 Å². The molecule has 0 saturated carbocycles. The summed E-state index contributed by atoms with van der Waals surface area (Å²) in [7, 11) is 0. The van der Waals surface area contributed by atoms with Gasteiger partial charge >= 0.3 is 6.16 Å². The summed E-state index contributed by atoms with van der Waals surface area (Å²) in [5.74, 6) is 0. The second-order valence-corrected chi connectivity index (χ2v) is 0.600. The second kappa shape index (κ2) is 47.9. The zero-order chi connectivity index (χ0) is 4.50. The molecular formula is CH16CoMnNiO10. The quantitative estimate of drug-likeness (QED) is 0.242. The smallest absolute Gasteiger partial charge is 0.402 e. The van der Waals surface area contributed by atoms with Crippen molar-refractivity contribution < 1.29 is 104 Å². The van der Waals surface area contributed by atoms with Crippen LogP contribution in [0.1, 0.15) is 0 Å². The number of hydrogen-bond acceptors (Lipinski definition) is 4. The Bertz CT molecular complexity index is 35.6. The molecule has 0 saturated heterocycles. The van der Waals surface area contributed by atoms with Gasteiger partial charge in [0.1, 0.15) is 0 Å².